The highest BCUT2D eigenvalue weighted by Crippen LogP contribution is 2.38. The number of carbonyl (C=O) groups is 1. The van der Waals surface area contributed by atoms with Gasteiger partial charge in [-0.05, 0) is 79.5 Å². The van der Waals surface area contributed by atoms with Crippen molar-refractivity contribution in [2.75, 3.05) is 5.32 Å². The largest absolute Gasteiger partial charge is 0.573 e. The summed E-state index contributed by atoms with van der Waals surface area (Å²) in [5.41, 5.74) is 2.21. The van der Waals surface area contributed by atoms with Gasteiger partial charge in [0.25, 0.3) is 0 Å². The number of rotatable bonds is 5. The first kappa shape index (κ1) is 20.7. The van der Waals surface area contributed by atoms with Crippen molar-refractivity contribution in [2.45, 2.75) is 44.4 Å². The van der Waals surface area contributed by atoms with Crippen molar-refractivity contribution in [2.24, 2.45) is 5.92 Å². The lowest BCUT2D eigenvalue weighted by Crippen LogP contribution is -2.20. The van der Waals surface area contributed by atoms with Gasteiger partial charge in [-0.3, -0.25) is 4.79 Å². The Morgan fingerprint density at radius 2 is 1.66 bits per heavy atom. The molecule has 0 atom stereocenters. The second-order valence-corrected chi connectivity index (χ2v) is 7.28. The molecule has 1 N–H and O–H groups in total. The number of carbonyl (C=O) groups excluding carboxylic acids is 1. The van der Waals surface area contributed by atoms with E-state index in [0.29, 0.717) is 17.7 Å². The molecule has 0 aromatic heterocycles. The predicted octanol–water partition coefficient (Wildman–Crippen LogP) is 5.76. The van der Waals surface area contributed by atoms with Crippen molar-refractivity contribution >= 4 is 11.6 Å². The van der Waals surface area contributed by atoms with Crippen LogP contribution in [0.4, 0.5) is 18.9 Å². The Bertz CT molecular complexity index is 863. The number of nitriles is 1. The van der Waals surface area contributed by atoms with Crippen LogP contribution in [0.2, 0.25) is 0 Å². The smallest absolute Gasteiger partial charge is 0.406 e. The van der Waals surface area contributed by atoms with E-state index in [-0.39, 0.29) is 23.5 Å². The van der Waals surface area contributed by atoms with Crippen molar-refractivity contribution in [3.05, 3.63) is 59.7 Å². The van der Waals surface area contributed by atoms with Crippen molar-refractivity contribution < 1.29 is 22.7 Å². The summed E-state index contributed by atoms with van der Waals surface area (Å²) in [6.45, 7) is 0. The summed E-state index contributed by atoms with van der Waals surface area (Å²) >= 11 is 0. The lowest BCUT2D eigenvalue weighted by atomic mass is 9.77. The van der Waals surface area contributed by atoms with Gasteiger partial charge in [-0.1, -0.05) is 12.1 Å². The van der Waals surface area contributed by atoms with Gasteiger partial charge in [0.1, 0.15) is 5.75 Å². The summed E-state index contributed by atoms with van der Waals surface area (Å²) in [6, 6.07) is 14.8. The van der Waals surface area contributed by atoms with Crippen LogP contribution >= 0.6 is 0 Å². The highest BCUT2D eigenvalue weighted by molar-refractivity contribution is 5.90. The molecule has 7 heteroatoms. The van der Waals surface area contributed by atoms with Crippen molar-refractivity contribution in [1.29, 1.82) is 5.26 Å². The second kappa shape index (κ2) is 8.99. The molecule has 29 heavy (non-hydrogen) atoms. The maximum atomic E-state index is 12.3. The Hall–Kier alpha value is -3.01. The summed E-state index contributed by atoms with van der Waals surface area (Å²) in [6.07, 6.45) is -0.663. The summed E-state index contributed by atoms with van der Waals surface area (Å²) in [5.74, 6) is 0.312. The topological polar surface area (TPSA) is 62.1 Å². The first-order valence-electron chi connectivity index (χ1n) is 9.48. The molecule has 3 rings (SSSR count). The SMILES string of the molecule is N#Cc1ccc(NC(=O)C[C@H]2CC[C@H](c3ccc(OC(F)(F)F)cc3)CC2)cc1. The normalized spacial score (nSPS) is 19.2. The molecule has 0 spiro atoms. The number of benzene rings is 2. The minimum absolute atomic E-state index is 0.0492. The van der Waals surface area contributed by atoms with E-state index in [0.717, 1.165) is 31.2 Å². The number of nitrogens with zero attached hydrogens (tertiary/aromatic N) is 1. The van der Waals surface area contributed by atoms with Gasteiger partial charge in [0.2, 0.25) is 5.91 Å². The number of amides is 1. The fourth-order valence-electron chi connectivity index (χ4n) is 3.74. The molecular weight excluding hydrogens is 381 g/mol. The van der Waals surface area contributed by atoms with Gasteiger partial charge in [-0.2, -0.15) is 5.26 Å². The van der Waals surface area contributed by atoms with Crippen molar-refractivity contribution in [1.82, 2.24) is 0 Å². The third-order valence-electron chi connectivity index (χ3n) is 5.20. The van der Waals surface area contributed by atoms with Gasteiger partial charge >= 0.3 is 6.36 Å². The molecule has 0 unspecified atom stereocenters. The number of alkyl halides is 3. The number of hydrogen-bond donors (Lipinski definition) is 1. The van der Waals surface area contributed by atoms with Crippen LogP contribution in [-0.4, -0.2) is 12.3 Å². The molecule has 2 aromatic rings. The lowest BCUT2D eigenvalue weighted by molar-refractivity contribution is -0.274. The zero-order valence-electron chi connectivity index (χ0n) is 15.7. The zero-order chi connectivity index (χ0) is 20.9. The van der Waals surface area contributed by atoms with E-state index < -0.39 is 6.36 Å². The number of nitrogens with one attached hydrogen (secondary N) is 1. The van der Waals surface area contributed by atoms with Crippen LogP contribution in [0.5, 0.6) is 5.75 Å². The lowest BCUT2D eigenvalue weighted by Gasteiger charge is -2.28. The Labute approximate surface area is 167 Å². The number of hydrogen-bond acceptors (Lipinski definition) is 3. The molecule has 1 amide bonds. The van der Waals surface area contributed by atoms with Crippen LogP contribution in [0.3, 0.4) is 0 Å². The fraction of sp³-hybridized carbons (Fsp3) is 0.364. The van der Waals surface area contributed by atoms with Gasteiger partial charge < -0.3 is 10.1 Å². The molecule has 0 aliphatic heterocycles. The second-order valence-electron chi connectivity index (χ2n) is 7.28. The minimum Gasteiger partial charge on any atom is -0.406 e. The molecular formula is C22H21F3N2O2. The first-order chi connectivity index (χ1) is 13.8. The Morgan fingerprint density at radius 1 is 1.03 bits per heavy atom. The molecule has 0 saturated heterocycles. The average Bonchev–Trinajstić information content (AvgIpc) is 2.68. The van der Waals surface area contributed by atoms with E-state index in [1.54, 1.807) is 36.4 Å². The Balaban J connectivity index is 1.46. The summed E-state index contributed by atoms with van der Waals surface area (Å²) in [4.78, 5) is 12.3. The van der Waals surface area contributed by atoms with Gasteiger partial charge in [-0.25, -0.2) is 0 Å². The maximum Gasteiger partial charge on any atom is 0.573 e. The van der Waals surface area contributed by atoms with E-state index in [9.17, 15) is 18.0 Å². The van der Waals surface area contributed by atoms with E-state index in [1.807, 2.05) is 6.07 Å². The Kier molecular flexibility index (Phi) is 6.42. The van der Waals surface area contributed by atoms with Crippen LogP contribution < -0.4 is 10.1 Å². The van der Waals surface area contributed by atoms with Crippen molar-refractivity contribution in [3.63, 3.8) is 0 Å². The summed E-state index contributed by atoms with van der Waals surface area (Å²) in [5, 5.41) is 11.7. The highest BCUT2D eigenvalue weighted by atomic mass is 19.4. The maximum absolute atomic E-state index is 12.3. The van der Waals surface area contributed by atoms with Gasteiger partial charge in [0, 0.05) is 12.1 Å². The molecule has 1 aliphatic carbocycles. The quantitative estimate of drug-likeness (QED) is 0.692. The monoisotopic (exact) mass is 402 g/mol. The Morgan fingerprint density at radius 3 is 2.21 bits per heavy atom. The van der Waals surface area contributed by atoms with Crippen LogP contribution in [0.15, 0.2) is 48.5 Å². The zero-order valence-corrected chi connectivity index (χ0v) is 15.7. The van der Waals surface area contributed by atoms with E-state index in [1.165, 1.54) is 12.1 Å². The van der Waals surface area contributed by atoms with Crippen LogP contribution in [0.25, 0.3) is 0 Å². The molecule has 2 aromatic carbocycles. The standard InChI is InChI=1S/C22H21F3N2O2/c23-22(24,25)29-20-11-7-18(8-12-20)17-5-1-15(2-6-17)13-21(28)27-19-9-3-16(14-26)4-10-19/h3-4,7-12,15,17H,1-2,5-6,13H2,(H,27,28)/t15-,17-. The average molecular weight is 402 g/mol. The number of anilines is 1. The first-order valence-corrected chi connectivity index (χ1v) is 9.48. The van der Waals surface area contributed by atoms with Crippen LogP contribution in [-0.2, 0) is 4.79 Å². The molecule has 0 radical (unpaired) electrons. The molecule has 0 heterocycles. The van der Waals surface area contributed by atoms with Gasteiger partial charge in [-0.15, -0.1) is 13.2 Å². The molecule has 1 saturated carbocycles. The predicted molar refractivity (Wildman–Crippen MR) is 102 cm³/mol. The van der Waals surface area contributed by atoms with Gasteiger partial charge in [0.15, 0.2) is 0 Å². The minimum atomic E-state index is -4.68. The summed E-state index contributed by atoms with van der Waals surface area (Å²) < 4.78 is 40.6. The highest BCUT2D eigenvalue weighted by Gasteiger charge is 2.31. The number of ether oxygens (including phenoxy) is 1. The third kappa shape index (κ3) is 6.24. The molecule has 1 aliphatic rings. The molecule has 152 valence electrons. The van der Waals surface area contributed by atoms with E-state index >= 15 is 0 Å². The fourth-order valence-corrected chi connectivity index (χ4v) is 3.74. The van der Waals surface area contributed by atoms with Gasteiger partial charge in [0.05, 0.1) is 11.6 Å². The molecule has 0 bridgehead atoms. The molecule has 1 fully saturated rings. The number of halogens is 3. The summed E-state index contributed by atoms with van der Waals surface area (Å²) in [7, 11) is 0. The van der Waals surface area contributed by atoms with E-state index in [2.05, 4.69) is 10.1 Å². The van der Waals surface area contributed by atoms with E-state index in [4.69, 9.17) is 5.26 Å². The third-order valence-corrected chi connectivity index (χ3v) is 5.20. The van der Waals surface area contributed by atoms with Crippen LogP contribution in [0, 0.1) is 17.2 Å². The van der Waals surface area contributed by atoms with Crippen molar-refractivity contribution in [3.8, 4) is 11.8 Å². The molecule has 4 nitrogen and oxygen atoms in total. The van der Waals surface area contributed by atoms with Crippen LogP contribution in [0.1, 0.15) is 49.1 Å².